The minimum absolute atomic E-state index is 0.154. The molecule has 0 atom stereocenters. The van der Waals surface area contributed by atoms with Crippen molar-refractivity contribution in [1.29, 1.82) is 0 Å². The predicted octanol–water partition coefficient (Wildman–Crippen LogP) is 7.55. The average Bonchev–Trinajstić information content (AvgIpc) is 3.40. The Hall–Kier alpha value is -3.21. The first-order valence-electron chi connectivity index (χ1n) is 12.2. The van der Waals surface area contributed by atoms with Gasteiger partial charge in [0.05, 0.1) is 22.5 Å². The Morgan fingerprint density at radius 3 is 2.50 bits per heavy atom. The van der Waals surface area contributed by atoms with Crippen molar-refractivity contribution in [2.45, 2.75) is 45.3 Å². The van der Waals surface area contributed by atoms with E-state index >= 15 is 0 Å². The Kier molecular flexibility index (Phi) is 6.83. The Labute approximate surface area is 220 Å². The van der Waals surface area contributed by atoms with Crippen molar-refractivity contribution in [1.82, 2.24) is 14.7 Å². The van der Waals surface area contributed by atoms with E-state index in [9.17, 15) is 26.7 Å². The number of nitrogens with zero attached hydrogens (tertiary/aromatic N) is 4. The van der Waals surface area contributed by atoms with Gasteiger partial charge in [0, 0.05) is 37.2 Å². The van der Waals surface area contributed by atoms with Crippen LogP contribution < -0.4 is 0 Å². The Bertz CT molecular complexity index is 1450. The molecular weight excluding hydrogens is 523 g/mol. The van der Waals surface area contributed by atoms with E-state index in [1.807, 2.05) is 18.2 Å². The molecule has 1 aromatic heterocycles. The van der Waals surface area contributed by atoms with Crippen molar-refractivity contribution >= 4 is 39.8 Å². The molecule has 5 nitrogen and oxygen atoms in total. The molecule has 0 aliphatic carbocycles. The molecule has 11 heteroatoms. The van der Waals surface area contributed by atoms with Crippen LogP contribution in [0.2, 0.25) is 0 Å². The molecule has 2 aliphatic heterocycles. The molecule has 0 saturated carbocycles. The summed E-state index contributed by atoms with van der Waals surface area (Å²) in [7, 11) is 0. The van der Waals surface area contributed by atoms with Crippen molar-refractivity contribution in [3.63, 3.8) is 0 Å². The number of thioether (sulfide) groups is 1. The van der Waals surface area contributed by atoms with E-state index in [2.05, 4.69) is 21.9 Å². The molecule has 200 valence electrons. The third-order valence-electron chi connectivity index (χ3n) is 6.83. The van der Waals surface area contributed by atoms with Crippen LogP contribution in [0.5, 0.6) is 0 Å². The molecule has 1 amide bonds. The molecular formula is C27H25F5N4OS. The summed E-state index contributed by atoms with van der Waals surface area (Å²) < 4.78 is 69.7. The number of amidine groups is 1. The Morgan fingerprint density at radius 1 is 1.08 bits per heavy atom. The fourth-order valence-corrected chi connectivity index (χ4v) is 5.47. The summed E-state index contributed by atoms with van der Waals surface area (Å²) in [5.41, 5.74) is -0.576. The van der Waals surface area contributed by atoms with Gasteiger partial charge in [-0.3, -0.25) is 9.48 Å². The van der Waals surface area contributed by atoms with Crippen molar-refractivity contribution in [2.75, 3.05) is 13.1 Å². The predicted molar refractivity (Wildman–Crippen MR) is 138 cm³/mol. The highest BCUT2D eigenvalue weighted by Crippen LogP contribution is 2.37. The number of carbonyl (C=O) groups is 1. The summed E-state index contributed by atoms with van der Waals surface area (Å²) >= 11 is 1.08. The normalized spacial score (nSPS) is 18.6. The molecule has 0 N–H and O–H groups in total. The molecule has 5 rings (SSSR count). The van der Waals surface area contributed by atoms with Gasteiger partial charge in [0.1, 0.15) is 5.84 Å². The third-order valence-corrected chi connectivity index (χ3v) is 7.61. The highest BCUT2D eigenvalue weighted by atomic mass is 32.2. The van der Waals surface area contributed by atoms with Crippen molar-refractivity contribution in [2.24, 2.45) is 10.9 Å². The molecule has 3 heterocycles. The lowest BCUT2D eigenvalue weighted by atomic mass is 9.99. The van der Waals surface area contributed by atoms with Crippen molar-refractivity contribution in [3.8, 4) is 0 Å². The van der Waals surface area contributed by atoms with E-state index in [0.29, 0.717) is 35.6 Å². The maximum atomic E-state index is 13.7. The lowest BCUT2D eigenvalue weighted by Crippen LogP contribution is -2.37. The summed E-state index contributed by atoms with van der Waals surface area (Å²) in [6.45, 7) is 4.23. The van der Waals surface area contributed by atoms with E-state index in [1.165, 1.54) is 4.68 Å². The zero-order valence-corrected chi connectivity index (χ0v) is 21.5. The van der Waals surface area contributed by atoms with E-state index in [-0.39, 0.29) is 17.3 Å². The Morgan fingerprint density at radius 2 is 1.82 bits per heavy atom. The average molecular weight is 549 g/mol. The van der Waals surface area contributed by atoms with Gasteiger partial charge in [0.25, 0.3) is 5.92 Å². The van der Waals surface area contributed by atoms with E-state index in [0.717, 1.165) is 60.3 Å². The lowest BCUT2D eigenvalue weighted by Gasteiger charge is -2.31. The Balaban J connectivity index is 1.41. The highest BCUT2D eigenvalue weighted by Gasteiger charge is 2.36. The lowest BCUT2D eigenvalue weighted by molar-refractivity contribution is -0.138. The van der Waals surface area contributed by atoms with Gasteiger partial charge in [-0.05, 0) is 65.9 Å². The second kappa shape index (κ2) is 9.83. The zero-order chi connectivity index (χ0) is 27.2. The third kappa shape index (κ3) is 5.62. The van der Waals surface area contributed by atoms with Crippen LogP contribution in [0.1, 0.15) is 48.9 Å². The van der Waals surface area contributed by atoms with Crippen LogP contribution in [0.4, 0.5) is 26.7 Å². The van der Waals surface area contributed by atoms with E-state index in [1.54, 1.807) is 12.3 Å². The first kappa shape index (κ1) is 26.4. The van der Waals surface area contributed by atoms with Crippen LogP contribution in [0, 0.1) is 5.92 Å². The van der Waals surface area contributed by atoms with E-state index < -0.39 is 23.2 Å². The quantitative estimate of drug-likeness (QED) is 0.316. The molecule has 1 fully saturated rings. The van der Waals surface area contributed by atoms with Gasteiger partial charge in [-0.15, -0.1) is 0 Å². The van der Waals surface area contributed by atoms with Gasteiger partial charge in [0.2, 0.25) is 0 Å². The molecule has 0 radical (unpaired) electrons. The first-order valence-corrected chi connectivity index (χ1v) is 13.0. The van der Waals surface area contributed by atoms with Gasteiger partial charge in [0.15, 0.2) is 0 Å². The first-order chi connectivity index (χ1) is 17.9. The molecule has 0 spiro atoms. The number of benzene rings is 2. The monoisotopic (exact) mass is 548 g/mol. The largest absolute Gasteiger partial charge is 0.416 e. The maximum Gasteiger partial charge on any atom is 0.416 e. The second-order valence-electron chi connectivity index (χ2n) is 9.88. The molecule has 2 aromatic carbocycles. The van der Waals surface area contributed by atoms with Gasteiger partial charge in [-0.2, -0.15) is 23.3 Å². The van der Waals surface area contributed by atoms with Gasteiger partial charge in [-0.25, -0.2) is 8.78 Å². The highest BCUT2D eigenvalue weighted by molar-refractivity contribution is 8.18. The summed E-state index contributed by atoms with van der Waals surface area (Å²) in [6, 6.07) is 8.02. The van der Waals surface area contributed by atoms with Crippen LogP contribution in [0.15, 0.2) is 52.5 Å². The van der Waals surface area contributed by atoms with Crippen molar-refractivity contribution in [3.05, 3.63) is 69.8 Å². The topological polar surface area (TPSA) is 50.5 Å². The van der Waals surface area contributed by atoms with Crippen LogP contribution in [-0.4, -0.2) is 38.8 Å². The molecule has 0 unspecified atom stereocenters. The summed E-state index contributed by atoms with van der Waals surface area (Å²) in [4.78, 5) is 19.2. The molecule has 0 bridgehead atoms. The number of aliphatic imine (C=N–C) groups is 1. The second-order valence-corrected chi connectivity index (χ2v) is 10.9. The smallest absolute Gasteiger partial charge is 0.356 e. The molecule has 1 saturated heterocycles. The summed E-state index contributed by atoms with van der Waals surface area (Å²) in [6.07, 6.45) is 0.791. The minimum atomic E-state index is -4.79. The van der Waals surface area contributed by atoms with Gasteiger partial charge in [-0.1, -0.05) is 25.1 Å². The number of hydrogen-bond donors (Lipinski definition) is 0. The zero-order valence-electron chi connectivity index (χ0n) is 20.7. The van der Waals surface area contributed by atoms with E-state index in [4.69, 9.17) is 0 Å². The molecule has 38 heavy (non-hydrogen) atoms. The maximum absolute atomic E-state index is 13.7. The van der Waals surface area contributed by atoms with Gasteiger partial charge >= 0.3 is 11.4 Å². The van der Waals surface area contributed by atoms with Crippen LogP contribution >= 0.6 is 11.8 Å². The number of likely N-dealkylation sites (tertiary alicyclic amines) is 1. The summed E-state index contributed by atoms with van der Waals surface area (Å²) in [5.74, 6) is -2.06. The number of piperidine rings is 1. The van der Waals surface area contributed by atoms with Crippen LogP contribution in [0.25, 0.3) is 17.0 Å². The number of rotatable bonds is 4. The van der Waals surface area contributed by atoms with Crippen LogP contribution in [0.3, 0.4) is 0 Å². The summed E-state index contributed by atoms with van der Waals surface area (Å²) in [5, 5.41) is 4.81. The number of hydrogen-bond acceptors (Lipinski definition) is 4. The SMILES string of the molecule is CC1CCN(C2=NC(=O)S/C2=C\c2ccc3nn(Cc4ccc(C(C)(F)F)cc4C(F)(F)F)cc3c2)CC1. The minimum Gasteiger partial charge on any atom is -0.356 e. The number of halogens is 5. The van der Waals surface area contributed by atoms with Gasteiger partial charge < -0.3 is 4.90 Å². The number of aromatic nitrogens is 2. The number of amides is 1. The molecule has 2 aliphatic rings. The number of fused-ring (bicyclic) bond motifs is 1. The number of alkyl halides is 5. The molecule has 3 aromatic rings. The fourth-order valence-electron chi connectivity index (χ4n) is 4.69. The van der Waals surface area contributed by atoms with Crippen LogP contribution in [-0.2, 0) is 18.6 Å². The standard InChI is InChI=1S/C27H25F5N4OS/c1-16-7-9-35(10-8-16)24-23(38-25(37)33-24)12-17-3-6-22-19(11-17)15-36(34-22)14-18-4-5-20(26(2,28)29)13-21(18)27(30,31)32/h3-6,11-13,15-16H,7-10,14H2,1-2H3/b23-12-. The number of carbonyl (C=O) groups excluding carboxylic acids is 1. The van der Waals surface area contributed by atoms with Crippen molar-refractivity contribution < 1.29 is 26.7 Å². The fraction of sp³-hybridized carbons (Fsp3) is 0.370.